The molecule has 0 aliphatic rings. The van der Waals surface area contributed by atoms with E-state index in [-0.39, 0.29) is 33.9 Å². The summed E-state index contributed by atoms with van der Waals surface area (Å²) in [5.74, 6) is -5.03. The lowest BCUT2D eigenvalue weighted by molar-refractivity contribution is -0.138. The van der Waals surface area contributed by atoms with Gasteiger partial charge in [-0.15, -0.1) is 0 Å². The van der Waals surface area contributed by atoms with Crippen molar-refractivity contribution in [2.75, 3.05) is 11.5 Å². The van der Waals surface area contributed by atoms with Crippen LogP contribution >= 0.6 is 24.4 Å². The van der Waals surface area contributed by atoms with Gasteiger partial charge in [-0.1, -0.05) is 17.8 Å². The van der Waals surface area contributed by atoms with Crippen LogP contribution in [0.15, 0.2) is 36.4 Å². The fourth-order valence-corrected chi connectivity index (χ4v) is 4.07. The van der Waals surface area contributed by atoms with Crippen LogP contribution in [0.1, 0.15) is 24.2 Å². The van der Waals surface area contributed by atoms with Crippen molar-refractivity contribution >= 4 is 53.2 Å². The maximum absolute atomic E-state index is 14.4. The zero-order valence-corrected chi connectivity index (χ0v) is 20.9. The van der Waals surface area contributed by atoms with Gasteiger partial charge in [-0.2, -0.15) is 12.6 Å². The third kappa shape index (κ3) is 8.05. The zero-order chi connectivity index (χ0) is 27.0. The molecule has 4 N–H and O–H groups in total. The van der Waals surface area contributed by atoms with Gasteiger partial charge in [0.05, 0.1) is 5.56 Å². The average molecular weight is 540 g/mol. The summed E-state index contributed by atoms with van der Waals surface area (Å²) in [7, 11) is 0. The smallest absolute Gasteiger partial charge is 0.334 e. The molecule has 2 unspecified atom stereocenters. The molecule has 2 atom stereocenters. The van der Waals surface area contributed by atoms with Gasteiger partial charge >= 0.3 is 5.97 Å². The molecule has 3 amide bonds. The summed E-state index contributed by atoms with van der Waals surface area (Å²) in [6.07, 6.45) is 0. The van der Waals surface area contributed by atoms with E-state index in [0.29, 0.717) is 17.8 Å². The standard InChI is InChI=1S/C23H23F2N3O6S2/c1-11(29)27-18(9-35)22(32)34-20-6-3-13(15-5-4-14(24)8-17(15)25)7-16(20)23(33)36-10-19(21(26)31)28-12(2)30/h3-8,18-19,35H,9-10H2,1-2H3,(H2,26,31)(H,27,29)(H,28,30). The zero-order valence-electron chi connectivity index (χ0n) is 19.2. The summed E-state index contributed by atoms with van der Waals surface area (Å²) in [6.45, 7) is 2.37. The highest BCUT2D eigenvalue weighted by Crippen LogP contribution is 2.31. The molecule has 0 aliphatic carbocycles. The van der Waals surface area contributed by atoms with Gasteiger partial charge in [-0.05, 0) is 29.8 Å². The summed E-state index contributed by atoms with van der Waals surface area (Å²) in [5.41, 5.74) is 5.24. The summed E-state index contributed by atoms with van der Waals surface area (Å²) in [6, 6.07) is 4.46. The number of hydrogen-bond acceptors (Lipinski definition) is 8. The van der Waals surface area contributed by atoms with Gasteiger partial charge in [0.15, 0.2) is 0 Å². The molecule has 0 spiro atoms. The molecule has 13 heteroatoms. The second-order valence-corrected chi connectivity index (χ2v) is 8.80. The molecular weight excluding hydrogens is 516 g/mol. The Kier molecular flexibility index (Phi) is 10.4. The van der Waals surface area contributed by atoms with Crippen LogP contribution in [0.5, 0.6) is 5.75 Å². The Balaban J connectivity index is 2.43. The van der Waals surface area contributed by atoms with Crippen LogP contribution in [-0.4, -0.2) is 52.4 Å². The molecular formula is C23H23F2N3O6S2. The average Bonchev–Trinajstić information content (AvgIpc) is 2.79. The molecule has 0 radical (unpaired) electrons. The number of carbonyl (C=O) groups excluding carboxylic acids is 5. The fourth-order valence-electron chi connectivity index (χ4n) is 2.95. The molecule has 0 heterocycles. The van der Waals surface area contributed by atoms with E-state index < -0.39 is 52.5 Å². The van der Waals surface area contributed by atoms with Crippen LogP contribution in [0.4, 0.5) is 8.78 Å². The Morgan fingerprint density at radius 1 is 1.00 bits per heavy atom. The first-order valence-electron chi connectivity index (χ1n) is 10.4. The van der Waals surface area contributed by atoms with Crippen molar-refractivity contribution in [2.45, 2.75) is 25.9 Å². The summed E-state index contributed by atoms with van der Waals surface area (Å²) >= 11 is 4.61. The number of carbonyl (C=O) groups is 5. The van der Waals surface area contributed by atoms with Crippen LogP contribution in [0, 0.1) is 11.6 Å². The highest BCUT2D eigenvalue weighted by Gasteiger charge is 2.25. The van der Waals surface area contributed by atoms with E-state index in [1.165, 1.54) is 38.1 Å². The number of thiol groups is 1. The normalized spacial score (nSPS) is 12.2. The van der Waals surface area contributed by atoms with E-state index in [0.717, 1.165) is 6.07 Å². The van der Waals surface area contributed by atoms with Gasteiger partial charge in [-0.3, -0.25) is 19.2 Å². The number of ether oxygens (including phenoxy) is 1. The molecule has 2 rings (SSSR count). The number of primary amides is 1. The second-order valence-electron chi connectivity index (χ2n) is 7.45. The number of hydrogen-bond donors (Lipinski definition) is 4. The van der Waals surface area contributed by atoms with Gasteiger partial charge < -0.3 is 21.1 Å². The van der Waals surface area contributed by atoms with Gasteiger partial charge in [-0.25, -0.2) is 13.6 Å². The number of amides is 3. The molecule has 9 nitrogen and oxygen atoms in total. The number of rotatable bonds is 10. The Labute approximate surface area is 214 Å². The van der Waals surface area contributed by atoms with Crippen molar-refractivity contribution in [1.82, 2.24) is 10.6 Å². The van der Waals surface area contributed by atoms with Crippen LogP contribution in [0.3, 0.4) is 0 Å². The Bertz CT molecular complexity index is 1190. The SMILES string of the molecule is CC(=O)NC(CSC(=O)c1cc(-c2ccc(F)cc2F)ccc1OC(=O)C(CS)NC(C)=O)C(N)=O. The van der Waals surface area contributed by atoms with Gasteiger partial charge in [0.1, 0.15) is 29.5 Å². The number of benzene rings is 2. The molecule has 0 fully saturated rings. The maximum Gasteiger partial charge on any atom is 0.334 e. The van der Waals surface area contributed by atoms with E-state index in [1.807, 2.05) is 0 Å². The maximum atomic E-state index is 14.4. The Morgan fingerprint density at radius 2 is 1.64 bits per heavy atom. The number of halogens is 2. The van der Waals surface area contributed by atoms with E-state index >= 15 is 0 Å². The van der Waals surface area contributed by atoms with Crippen molar-refractivity contribution in [3.8, 4) is 16.9 Å². The lowest BCUT2D eigenvalue weighted by atomic mass is 10.0. The lowest BCUT2D eigenvalue weighted by Crippen LogP contribution is -2.45. The van der Waals surface area contributed by atoms with Gasteiger partial charge in [0.2, 0.25) is 22.8 Å². The number of nitrogens with one attached hydrogen (secondary N) is 2. The second kappa shape index (κ2) is 13.0. The largest absolute Gasteiger partial charge is 0.424 e. The predicted octanol–water partition coefficient (Wildman–Crippen LogP) is 1.84. The molecule has 192 valence electrons. The Hall–Kier alpha value is -3.45. The molecule has 0 bridgehead atoms. The highest BCUT2D eigenvalue weighted by molar-refractivity contribution is 8.14. The monoisotopic (exact) mass is 539 g/mol. The van der Waals surface area contributed by atoms with Gasteiger partial charge in [0, 0.05) is 37.0 Å². The molecule has 0 saturated carbocycles. The molecule has 2 aromatic carbocycles. The molecule has 36 heavy (non-hydrogen) atoms. The fraction of sp³-hybridized carbons (Fsp3) is 0.261. The van der Waals surface area contributed by atoms with Crippen LogP contribution in [-0.2, 0) is 19.2 Å². The number of esters is 1. The number of nitrogens with two attached hydrogens (primary N) is 1. The summed E-state index contributed by atoms with van der Waals surface area (Å²) in [5, 5.41) is 3.99. The Morgan fingerprint density at radius 3 is 2.19 bits per heavy atom. The first-order valence-corrected chi connectivity index (χ1v) is 12.0. The van der Waals surface area contributed by atoms with Crippen LogP contribution in [0.2, 0.25) is 0 Å². The van der Waals surface area contributed by atoms with Crippen molar-refractivity contribution in [3.63, 3.8) is 0 Å². The van der Waals surface area contributed by atoms with E-state index in [9.17, 15) is 32.8 Å². The lowest BCUT2D eigenvalue weighted by Gasteiger charge is -2.17. The molecule has 0 aliphatic heterocycles. The van der Waals surface area contributed by atoms with Crippen LogP contribution < -0.4 is 21.1 Å². The van der Waals surface area contributed by atoms with E-state index in [4.69, 9.17) is 10.5 Å². The van der Waals surface area contributed by atoms with Crippen molar-refractivity contribution in [3.05, 3.63) is 53.6 Å². The van der Waals surface area contributed by atoms with Crippen molar-refractivity contribution in [2.24, 2.45) is 5.73 Å². The highest BCUT2D eigenvalue weighted by atomic mass is 32.2. The minimum atomic E-state index is -1.16. The quantitative estimate of drug-likeness (QED) is 0.205. The third-order valence-electron chi connectivity index (χ3n) is 4.60. The first-order chi connectivity index (χ1) is 16.9. The van der Waals surface area contributed by atoms with Gasteiger partial charge in [0.25, 0.3) is 0 Å². The summed E-state index contributed by atoms with van der Waals surface area (Å²) < 4.78 is 33.0. The van der Waals surface area contributed by atoms with Crippen molar-refractivity contribution in [1.29, 1.82) is 0 Å². The van der Waals surface area contributed by atoms with Crippen molar-refractivity contribution < 1.29 is 37.5 Å². The predicted molar refractivity (Wildman–Crippen MR) is 132 cm³/mol. The van der Waals surface area contributed by atoms with E-state index in [2.05, 4.69) is 23.3 Å². The van der Waals surface area contributed by atoms with E-state index in [1.54, 1.807) is 0 Å². The molecule has 0 saturated heterocycles. The third-order valence-corrected chi connectivity index (χ3v) is 5.95. The molecule has 0 aromatic heterocycles. The topological polar surface area (TPSA) is 145 Å². The summed E-state index contributed by atoms with van der Waals surface area (Å²) in [4.78, 5) is 59.9. The number of thioether (sulfide) groups is 1. The minimum Gasteiger partial charge on any atom is -0.424 e. The van der Waals surface area contributed by atoms with Crippen LogP contribution in [0.25, 0.3) is 11.1 Å². The minimum absolute atomic E-state index is 0.0203. The molecule has 2 aromatic rings. The first kappa shape index (κ1) is 28.8.